The van der Waals surface area contributed by atoms with Gasteiger partial charge in [-0.05, 0) is 45.4 Å². The Hall–Kier alpha value is -0.770. The van der Waals surface area contributed by atoms with Crippen molar-refractivity contribution in [2.45, 2.75) is 58.5 Å². The van der Waals surface area contributed by atoms with Crippen molar-refractivity contribution in [3.05, 3.63) is 0 Å². The molecule has 4 heteroatoms. The van der Waals surface area contributed by atoms with E-state index in [2.05, 4.69) is 35.6 Å². The lowest BCUT2D eigenvalue weighted by molar-refractivity contribution is 0.217. The molecule has 1 atom stereocenters. The summed E-state index contributed by atoms with van der Waals surface area (Å²) in [5.74, 6) is 1.51. The van der Waals surface area contributed by atoms with Gasteiger partial charge >= 0.3 is 0 Å². The molecule has 2 N–H and O–H groups in total. The van der Waals surface area contributed by atoms with Gasteiger partial charge in [0.2, 0.25) is 0 Å². The summed E-state index contributed by atoms with van der Waals surface area (Å²) in [4.78, 5) is 9.41. The van der Waals surface area contributed by atoms with Gasteiger partial charge in [0, 0.05) is 31.7 Å². The molecule has 0 spiro atoms. The van der Waals surface area contributed by atoms with E-state index in [-0.39, 0.29) is 0 Å². The minimum Gasteiger partial charge on any atom is -0.370 e. The van der Waals surface area contributed by atoms with E-state index in [1.54, 1.807) is 0 Å². The molecule has 1 saturated heterocycles. The molecule has 110 valence electrons. The molecule has 0 amide bonds. The summed E-state index contributed by atoms with van der Waals surface area (Å²) in [7, 11) is 0. The van der Waals surface area contributed by atoms with Crippen molar-refractivity contribution in [1.29, 1.82) is 0 Å². The molecule has 0 aromatic carbocycles. The van der Waals surface area contributed by atoms with Gasteiger partial charge in [-0.3, -0.25) is 9.89 Å². The Balaban J connectivity index is 1.77. The van der Waals surface area contributed by atoms with Crippen LogP contribution < -0.4 is 5.73 Å². The average Bonchev–Trinajstić information content (AvgIpc) is 3.18. The number of guanidine groups is 1. The maximum Gasteiger partial charge on any atom is 0.191 e. The molecular formula is C15H30N4. The predicted octanol–water partition coefficient (Wildman–Crippen LogP) is 1.91. The zero-order valence-electron chi connectivity index (χ0n) is 12.8. The number of nitrogens with two attached hydrogens (primary N) is 1. The van der Waals surface area contributed by atoms with Gasteiger partial charge in [-0.2, -0.15) is 0 Å². The van der Waals surface area contributed by atoms with Crippen molar-refractivity contribution in [3.8, 4) is 0 Å². The van der Waals surface area contributed by atoms with E-state index in [0.717, 1.165) is 44.1 Å². The molecule has 0 radical (unpaired) electrons. The normalized spacial score (nSPS) is 25.4. The average molecular weight is 266 g/mol. The molecule has 1 aliphatic carbocycles. The first kappa shape index (κ1) is 14.6. The molecule has 2 aliphatic rings. The maximum atomic E-state index is 6.12. The summed E-state index contributed by atoms with van der Waals surface area (Å²) < 4.78 is 0. The third kappa shape index (κ3) is 4.37. The minimum atomic E-state index is 0.624. The van der Waals surface area contributed by atoms with Crippen molar-refractivity contribution in [2.24, 2.45) is 16.6 Å². The maximum absolute atomic E-state index is 6.12. The highest BCUT2D eigenvalue weighted by atomic mass is 15.3. The second-order valence-corrected chi connectivity index (χ2v) is 6.50. The van der Waals surface area contributed by atoms with Crippen LogP contribution in [0, 0.1) is 5.92 Å². The Bertz CT molecular complexity index is 307. The van der Waals surface area contributed by atoms with Crippen molar-refractivity contribution in [3.63, 3.8) is 0 Å². The smallest absolute Gasteiger partial charge is 0.191 e. The topological polar surface area (TPSA) is 44.9 Å². The van der Waals surface area contributed by atoms with Gasteiger partial charge in [0.15, 0.2) is 5.96 Å². The van der Waals surface area contributed by atoms with Gasteiger partial charge in [-0.1, -0.05) is 6.92 Å². The number of likely N-dealkylation sites (tertiary alicyclic amines) is 1. The summed E-state index contributed by atoms with van der Waals surface area (Å²) in [6.07, 6.45) is 5.30. The summed E-state index contributed by atoms with van der Waals surface area (Å²) in [5.41, 5.74) is 6.12. The molecule has 0 bridgehead atoms. The lowest BCUT2D eigenvalue weighted by Gasteiger charge is -2.32. The number of nitrogens with zero attached hydrogens (tertiary/aromatic N) is 3. The lowest BCUT2D eigenvalue weighted by Crippen LogP contribution is -2.44. The Kier molecular flexibility index (Phi) is 5.08. The largest absolute Gasteiger partial charge is 0.370 e. The SMILES string of the molecule is CC1CCCN(C(N)=NCCN(C(C)C)C2CC2)C1. The molecule has 4 nitrogen and oxygen atoms in total. The van der Waals surface area contributed by atoms with E-state index in [9.17, 15) is 0 Å². The van der Waals surface area contributed by atoms with Crippen molar-refractivity contribution >= 4 is 5.96 Å². The number of rotatable bonds is 5. The molecule has 2 rings (SSSR count). The number of aliphatic imine (C=N–C) groups is 1. The summed E-state index contributed by atoms with van der Waals surface area (Å²) in [6.45, 7) is 10.9. The van der Waals surface area contributed by atoms with Gasteiger partial charge in [0.1, 0.15) is 0 Å². The predicted molar refractivity (Wildman–Crippen MR) is 81.3 cm³/mol. The first-order chi connectivity index (χ1) is 9.08. The molecule has 0 aromatic heterocycles. The van der Waals surface area contributed by atoms with Crippen LogP contribution in [0.25, 0.3) is 0 Å². The molecule has 1 heterocycles. The zero-order valence-corrected chi connectivity index (χ0v) is 12.8. The van der Waals surface area contributed by atoms with Gasteiger partial charge in [-0.25, -0.2) is 0 Å². The third-order valence-corrected chi connectivity index (χ3v) is 4.29. The van der Waals surface area contributed by atoms with Crippen LogP contribution in [0.5, 0.6) is 0 Å². The van der Waals surface area contributed by atoms with E-state index in [1.165, 1.54) is 25.7 Å². The summed E-state index contributed by atoms with van der Waals surface area (Å²) >= 11 is 0. The zero-order chi connectivity index (χ0) is 13.8. The van der Waals surface area contributed by atoms with Crippen LogP contribution in [0.2, 0.25) is 0 Å². The Morgan fingerprint density at radius 1 is 1.37 bits per heavy atom. The van der Waals surface area contributed by atoms with Crippen LogP contribution in [0.15, 0.2) is 4.99 Å². The summed E-state index contributed by atoms with van der Waals surface area (Å²) in [6, 6.07) is 1.44. The number of hydrogen-bond acceptors (Lipinski definition) is 2. The quantitative estimate of drug-likeness (QED) is 0.611. The van der Waals surface area contributed by atoms with E-state index in [4.69, 9.17) is 5.73 Å². The molecule has 0 aromatic rings. The van der Waals surface area contributed by atoms with Crippen molar-refractivity contribution in [2.75, 3.05) is 26.2 Å². The molecular weight excluding hydrogens is 236 g/mol. The van der Waals surface area contributed by atoms with Crippen LogP contribution in [-0.2, 0) is 0 Å². The first-order valence-electron chi connectivity index (χ1n) is 7.88. The monoisotopic (exact) mass is 266 g/mol. The number of hydrogen-bond donors (Lipinski definition) is 1. The van der Waals surface area contributed by atoms with Gasteiger partial charge in [0.05, 0.1) is 6.54 Å². The Morgan fingerprint density at radius 2 is 2.11 bits per heavy atom. The summed E-state index contributed by atoms with van der Waals surface area (Å²) in [5, 5.41) is 0. The van der Waals surface area contributed by atoms with Crippen LogP contribution in [0.3, 0.4) is 0 Å². The second kappa shape index (κ2) is 6.60. The minimum absolute atomic E-state index is 0.624. The first-order valence-corrected chi connectivity index (χ1v) is 7.88. The van der Waals surface area contributed by atoms with Crippen LogP contribution in [0.4, 0.5) is 0 Å². The van der Waals surface area contributed by atoms with Crippen molar-refractivity contribution < 1.29 is 0 Å². The molecule has 2 fully saturated rings. The highest BCUT2D eigenvalue weighted by Gasteiger charge is 2.30. The molecule has 19 heavy (non-hydrogen) atoms. The molecule has 1 unspecified atom stereocenters. The van der Waals surface area contributed by atoms with E-state index in [0.29, 0.717) is 6.04 Å². The van der Waals surface area contributed by atoms with Crippen molar-refractivity contribution in [1.82, 2.24) is 9.80 Å². The van der Waals surface area contributed by atoms with Crippen LogP contribution >= 0.6 is 0 Å². The fraction of sp³-hybridized carbons (Fsp3) is 0.933. The van der Waals surface area contributed by atoms with Gasteiger partial charge < -0.3 is 10.6 Å². The molecule has 1 saturated carbocycles. The lowest BCUT2D eigenvalue weighted by atomic mass is 10.0. The number of piperidine rings is 1. The van der Waals surface area contributed by atoms with E-state index < -0.39 is 0 Å². The highest BCUT2D eigenvalue weighted by molar-refractivity contribution is 5.78. The third-order valence-electron chi connectivity index (χ3n) is 4.29. The van der Waals surface area contributed by atoms with Crippen LogP contribution in [-0.4, -0.2) is 54.0 Å². The molecule has 1 aliphatic heterocycles. The van der Waals surface area contributed by atoms with Gasteiger partial charge in [0.25, 0.3) is 0 Å². The van der Waals surface area contributed by atoms with Gasteiger partial charge in [-0.15, -0.1) is 0 Å². The van der Waals surface area contributed by atoms with Crippen LogP contribution in [0.1, 0.15) is 46.5 Å². The standard InChI is InChI=1S/C15H30N4/c1-12(2)19(14-6-7-14)10-8-17-15(16)18-9-4-5-13(3)11-18/h12-14H,4-11H2,1-3H3,(H2,16,17). The fourth-order valence-corrected chi connectivity index (χ4v) is 3.05. The highest BCUT2D eigenvalue weighted by Crippen LogP contribution is 2.28. The Morgan fingerprint density at radius 3 is 2.68 bits per heavy atom. The second-order valence-electron chi connectivity index (χ2n) is 6.50. The Labute approximate surface area is 118 Å². The van der Waals surface area contributed by atoms with E-state index in [1.807, 2.05) is 0 Å². The fourth-order valence-electron chi connectivity index (χ4n) is 3.05. The van der Waals surface area contributed by atoms with E-state index >= 15 is 0 Å².